The van der Waals surface area contributed by atoms with Crippen LogP contribution < -0.4 is 10.5 Å². The Labute approximate surface area is 216 Å². The van der Waals surface area contributed by atoms with Crippen LogP contribution in [0, 0.1) is 0 Å². The quantitative estimate of drug-likeness (QED) is 0.222. The number of esters is 1. The van der Waals surface area contributed by atoms with Gasteiger partial charge in [-0.15, -0.1) is 0 Å². The van der Waals surface area contributed by atoms with Crippen molar-refractivity contribution in [2.45, 2.75) is 58.4 Å². The fraction of sp³-hybridized carbons (Fsp3) is 0.423. The molecule has 1 atom stereocenters. The number of fused-ring (bicyclic) bond motifs is 1. The fourth-order valence-electron chi connectivity index (χ4n) is 3.87. The van der Waals surface area contributed by atoms with Gasteiger partial charge in [0.1, 0.15) is 18.4 Å². The van der Waals surface area contributed by atoms with E-state index in [2.05, 4.69) is 0 Å². The average Bonchev–Trinajstić information content (AvgIpc) is 3.18. The highest BCUT2D eigenvalue weighted by atomic mass is 32.2. The summed E-state index contributed by atoms with van der Waals surface area (Å²) in [6.07, 6.45) is 2.57. The third-order valence-corrected chi connectivity index (χ3v) is 6.41. The molecule has 0 saturated carbocycles. The topological polar surface area (TPSA) is 142 Å². The number of carbonyl (C=O) groups is 3. The van der Waals surface area contributed by atoms with Crippen molar-refractivity contribution >= 4 is 27.9 Å². The van der Waals surface area contributed by atoms with Crippen LogP contribution >= 0.6 is 0 Å². The Morgan fingerprint density at radius 3 is 2.38 bits per heavy atom. The molecule has 0 saturated heterocycles. The van der Waals surface area contributed by atoms with E-state index in [0.29, 0.717) is 28.9 Å². The predicted molar refractivity (Wildman–Crippen MR) is 135 cm³/mol. The maximum atomic E-state index is 13.2. The number of ether oxygens (including phenoxy) is 2. The zero-order chi connectivity index (χ0) is 27.0. The van der Waals surface area contributed by atoms with Crippen LogP contribution in [0.5, 0.6) is 5.75 Å². The summed E-state index contributed by atoms with van der Waals surface area (Å²) in [6.45, 7) is 2.51. The van der Waals surface area contributed by atoms with Gasteiger partial charge in [0.05, 0.1) is 26.0 Å². The molecule has 2 N–H and O–H groups in total. The Balaban J connectivity index is 1.70. The molecule has 2 aromatic carbocycles. The minimum atomic E-state index is -3.53. The van der Waals surface area contributed by atoms with Gasteiger partial charge in [0, 0.05) is 17.5 Å². The molecule has 37 heavy (non-hydrogen) atoms. The molecule has 3 rings (SSSR count). The molecule has 0 fully saturated rings. The zero-order valence-electron chi connectivity index (χ0n) is 21.0. The van der Waals surface area contributed by atoms with Crippen LogP contribution in [0.1, 0.15) is 59.7 Å². The number of carbonyl (C=O) groups excluding carboxylic acids is 3. The number of unbranched alkanes of at least 4 members (excludes halogenated alkanes) is 1. The van der Waals surface area contributed by atoms with Gasteiger partial charge in [-0.25, -0.2) is 4.79 Å². The van der Waals surface area contributed by atoms with Crippen molar-refractivity contribution < 1.29 is 36.5 Å². The first-order chi connectivity index (χ1) is 17.6. The number of hydrogen-bond donors (Lipinski definition) is 1. The van der Waals surface area contributed by atoms with Crippen molar-refractivity contribution in [2.24, 2.45) is 5.73 Å². The molecule has 1 unspecified atom stereocenters. The molecule has 0 spiro atoms. The van der Waals surface area contributed by atoms with Crippen LogP contribution in [0.25, 0.3) is 0 Å². The highest BCUT2D eigenvalue weighted by Gasteiger charge is 2.38. The first kappa shape index (κ1) is 28.1. The van der Waals surface area contributed by atoms with Gasteiger partial charge in [-0.2, -0.15) is 8.42 Å². The van der Waals surface area contributed by atoms with Crippen molar-refractivity contribution in [3.05, 3.63) is 64.7 Å². The molecular formula is C26H32N2O8S. The molecule has 1 aliphatic rings. The van der Waals surface area contributed by atoms with Crippen molar-refractivity contribution in [1.29, 1.82) is 0 Å². The maximum Gasteiger partial charge on any atom is 0.328 e. The highest BCUT2D eigenvalue weighted by Crippen LogP contribution is 2.33. The van der Waals surface area contributed by atoms with Gasteiger partial charge < -0.3 is 20.1 Å². The second kappa shape index (κ2) is 12.7. The number of benzene rings is 2. The van der Waals surface area contributed by atoms with E-state index in [9.17, 15) is 22.8 Å². The van der Waals surface area contributed by atoms with Crippen LogP contribution in [0.15, 0.2) is 42.5 Å². The third kappa shape index (κ3) is 8.02. The monoisotopic (exact) mass is 532 g/mol. The number of hydrogen-bond acceptors (Lipinski definition) is 8. The first-order valence-electron chi connectivity index (χ1n) is 12.0. The lowest BCUT2D eigenvalue weighted by atomic mass is 10.1. The van der Waals surface area contributed by atoms with Gasteiger partial charge in [-0.1, -0.05) is 43.7 Å². The molecule has 0 aromatic heterocycles. The second-order valence-electron chi connectivity index (χ2n) is 8.83. The molecule has 2 aromatic rings. The minimum Gasteiger partial charge on any atom is -0.489 e. The lowest BCUT2D eigenvalue weighted by Gasteiger charge is -2.26. The summed E-state index contributed by atoms with van der Waals surface area (Å²) in [5.74, 6) is -0.949. The van der Waals surface area contributed by atoms with Crippen LogP contribution in [0.2, 0.25) is 0 Å². The second-order valence-corrected chi connectivity index (χ2v) is 10.5. The molecule has 1 heterocycles. The van der Waals surface area contributed by atoms with Crippen molar-refractivity contribution in [1.82, 2.24) is 4.90 Å². The van der Waals surface area contributed by atoms with Crippen LogP contribution in [-0.2, 0) is 48.4 Å². The normalized spacial score (nSPS) is 13.8. The van der Waals surface area contributed by atoms with Crippen molar-refractivity contribution in [3.63, 3.8) is 0 Å². The van der Waals surface area contributed by atoms with Crippen molar-refractivity contribution in [3.8, 4) is 5.75 Å². The van der Waals surface area contributed by atoms with E-state index in [1.807, 2.05) is 6.92 Å². The van der Waals surface area contributed by atoms with E-state index < -0.39 is 28.0 Å². The first-order valence-corrected chi connectivity index (χ1v) is 13.8. The Morgan fingerprint density at radius 2 is 1.76 bits per heavy atom. The number of primary amides is 1. The van der Waals surface area contributed by atoms with Crippen molar-refractivity contribution in [2.75, 3.05) is 12.9 Å². The molecule has 11 heteroatoms. The third-order valence-electron chi connectivity index (χ3n) is 5.86. The molecule has 200 valence electrons. The zero-order valence-corrected chi connectivity index (χ0v) is 21.8. The molecule has 2 amide bonds. The van der Waals surface area contributed by atoms with E-state index in [4.69, 9.17) is 19.4 Å². The SMILES string of the molecule is CCCCOC(=O)C(CCC(N)=O)N1Cc2c(OCc3ccc(COS(C)(=O)=O)cc3)cccc2C1=O. The lowest BCUT2D eigenvalue weighted by Crippen LogP contribution is -2.43. The van der Waals surface area contributed by atoms with Gasteiger partial charge in [0.2, 0.25) is 5.91 Å². The lowest BCUT2D eigenvalue weighted by molar-refractivity contribution is -0.149. The van der Waals surface area contributed by atoms with E-state index >= 15 is 0 Å². The largest absolute Gasteiger partial charge is 0.489 e. The highest BCUT2D eigenvalue weighted by molar-refractivity contribution is 7.85. The smallest absolute Gasteiger partial charge is 0.328 e. The van der Waals surface area contributed by atoms with E-state index in [-0.39, 0.29) is 45.1 Å². The van der Waals surface area contributed by atoms with E-state index in [1.54, 1.807) is 42.5 Å². The number of rotatable bonds is 14. The standard InChI is InChI=1S/C26H32N2O8S/c1-3-4-14-34-26(31)22(12-13-24(27)29)28-15-21-20(25(28)30)6-5-7-23(21)35-16-18-8-10-19(11-9-18)17-36-37(2,32)33/h5-11,22H,3-4,12-17H2,1-2H3,(H2,27,29). The summed E-state index contributed by atoms with van der Waals surface area (Å²) >= 11 is 0. The molecule has 0 bridgehead atoms. The van der Waals surface area contributed by atoms with Gasteiger partial charge in [-0.05, 0) is 36.1 Å². The summed E-state index contributed by atoms with van der Waals surface area (Å²) in [5.41, 5.74) is 7.90. The van der Waals surface area contributed by atoms with E-state index in [0.717, 1.165) is 18.2 Å². The summed E-state index contributed by atoms with van der Waals surface area (Å²) < 4.78 is 38.5. The van der Waals surface area contributed by atoms with Gasteiger partial charge in [-0.3, -0.25) is 13.8 Å². The van der Waals surface area contributed by atoms with Gasteiger partial charge >= 0.3 is 5.97 Å². The average molecular weight is 533 g/mol. The summed E-state index contributed by atoms with van der Waals surface area (Å²) in [5, 5.41) is 0. The molecular weight excluding hydrogens is 500 g/mol. The van der Waals surface area contributed by atoms with Crippen LogP contribution in [0.4, 0.5) is 0 Å². The summed E-state index contributed by atoms with van der Waals surface area (Å²) in [7, 11) is -3.53. The molecule has 10 nitrogen and oxygen atoms in total. The number of amides is 2. The predicted octanol–water partition coefficient (Wildman–Crippen LogP) is 2.68. The van der Waals surface area contributed by atoms with Crippen LogP contribution in [-0.4, -0.2) is 50.0 Å². The maximum absolute atomic E-state index is 13.2. The number of nitrogens with zero attached hydrogens (tertiary/aromatic N) is 1. The van der Waals surface area contributed by atoms with Gasteiger partial charge in [0.15, 0.2) is 0 Å². The Morgan fingerprint density at radius 1 is 1.08 bits per heavy atom. The Hall–Kier alpha value is -3.44. The summed E-state index contributed by atoms with van der Waals surface area (Å²) in [4.78, 5) is 38.8. The Kier molecular flexibility index (Phi) is 9.65. The molecule has 0 radical (unpaired) electrons. The number of nitrogens with two attached hydrogens (primary N) is 1. The van der Waals surface area contributed by atoms with E-state index in [1.165, 1.54) is 4.90 Å². The fourth-order valence-corrected chi connectivity index (χ4v) is 4.22. The minimum absolute atomic E-state index is 0.0533. The molecule has 1 aliphatic heterocycles. The van der Waals surface area contributed by atoms with Crippen LogP contribution in [0.3, 0.4) is 0 Å². The Bertz CT molecular complexity index is 1230. The van der Waals surface area contributed by atoms with Gasteiger partial charge in [0.25, 0.3) is 16.0 Å². The summed E-state index contributed by atoms with van der Waals surface area (Å²) in [6, 6.07) is 11.3. The molecule has 0 aliphatic carbocycles.